The summed E-state index contributed by atoms with van der Waals surface area (Å²) >= 11 is 0. The molecule has 0 unspecified atom stereocenters. The van der Waals surface area contributed by atoms with Gasteiger partial charge in [-0.05, 0) is 47.9 Å². The number of carbonyl (C=O) groups is 2. The second kappa shape index (κ2) is 15.1. The number of pyridine rings is 2. The molecule has 2 amide bonds. The minimum Gasteiger partial charge on any atom is -0.383 e. The summed E-state index contributed by atoms with van der Waals surface area (Å²) in [4.78, 5) is 36.9. The Morgan fingerprint density at radius 2 is 1.74 bits per heavy atom. The molecule has 1 fully saturated rings. The molecule has 0 saturated carbocycles. The zero-order valence-electron chi connectivity index (χ0n) is 25.4. The zero-order chi connectivity index (χ0) is 32.5. The summed E-state index contributed by atoms with van der Waals surface area (Å²) in [5, 5.41) is 18.4. The molecule has 0 radical (unpaired) electrons. The number of carbonyl (C=O) groups excluding carboxylic acids is 2. The standard InChI is InChI=1S/C34H35FN8O3/c1-22(25-6-8-28(35)9-7-25)42-34(45)30-16-24(18-36)20-41-32(30)40-19-23-2-4-26(5-3-23)27-17-29(31(37)39-21-27)33(44)38-10-11-43-12-14-46-15-13-43/h2-9,16-17,20-22H,10-15,19H2,1H3,(H2,37,39)(H,38,44)(H,40,41)(H,42,45)/t22-/m0/s1. The quantitative estimate of drug-likeness (QED) is 0.195. The molecule has 0 bridgehead atoms. The van der Waals surface area contributed by atoms with Gasteiger partial charge in [-0.2, -0.15) is 5.26 Å². The van der Waals surface area contributed by atoms with Crippen molar-refractivity contribution in [3.05, 3.63) is 107 Å². The number of hydrogen-bond donors (Lipinski definition) is 4. The van der Waals surface area contributed by atoms with E-state index in [0.717, 1.165) is 41.9 Å². The third-order valence-electron chi connectivity index (χ3n) is 7.71. The fourth-order valence-corrected chi connectivity index (χ4v) is 5.01. The first-order chi connectivity index (χ1) is 22.3. The Bertz CT molecular complexity index is 1720. The SMILES string of the molecule is C[C@H](NC(=O)c1cc(C#N)cnc1NCc1ccc(-c2cnc(N)c(C(=O)NCCN3CCOCC3)c2)cc1)c1ccc(F)cc1. The van der Waals surface area contributed by atoms with Crippen molar-refractivity contribution in [2.24, 2.45) is 0 Å². The van der Waals surface area contributed by atoms with E-state index in [4.69, 9.17) is 10.5 Å². The summed E-state index contributed by atoms with van der Waals surface area (Å²) in [5.74, 6) is -0.575. The van der Waals surface area contributed by atoms with Gasteiger partial charge in [0.1, 0.15) is 23.5 Å². The number of amides is 2. The van der Waals surface area contributed by atoms with Crippen molar-refractivity contribution in [1.82, 2.24) is 25.5 Å². The lowest BCUT2D eigenvalue weighted by Crippen LogP contribution is -2.41. The Morgan fingerprint density at radius 1 is 1.00 bits per heavy atom. The van der Waals surface area contributed by atoms with Crippen LogP contribution in [0.3, 0.4) is 0 Å². The zero-order valence-corrected chi connectivity index (χ0v) is 25.4. The van der Waals surface area contributed by atoms with Crippen LogP contribution in [0, 0.1) is 17.1 Å². The molecule has 0 aliphatic carbocycles. The number of nitrogens with zero attached hydrogens (tertiary/aromatic N) is 4. The predicted octanol–water partition coefficient (Wildman–Crippen LogP) is 3.90. The van der Waals surface area contributed by atoms with Gasteiger partial charge in [0.15, 0.2) is 0 Å². The third-order valence-corrected chi connectivity index (χ3v) is 7.71. The molecule has 4 aromatic rings. The second-order valence-electron chi connectivity index (χ2n) is 10.9. The average molecular weight is 623 g/mol. The van der Waals surface area contributed by atoms with Crippen LogP contribution in [0.15, 0.2) is 73.1 Å². The molecule has 2 aromatic heterocycles. The maximum Gasteiger partial charge on any atom is 0.255 e. The molecule has 1 saturated heterocycles. The van der Waals surface area contributed by atoms with E-state index in [1.807, 2.05) is 30.3 Å². The molecular weight excluding hydrogens is 587 g/mol. The largest absolute Gasteiger partial charge is 0.383 e. The summed E-state index contributed by atoms with van der Waals surface area (Å²) in [5.41, 5.74) is 10.1. The lowest BCUT2D eigenvalue weighted by atomic mass is 10.0. The molecule has 1 aliphatic heterocycles. The van der Waals surface area contributed by atoms with E-state index in [-0.39, 0.29) is 28.7 Å². The third kappa shape index (κ3) is 8.20. The van der Waals surface area contributed by atoms with Gasteiger partial charge in [-0.3, -0.25) is 14.5 Å². The molecule has 1 aliphatic rings. The molecule has 0 spiro atoms. The van der Waals surface area contributed by atoms with Crippen LogP contribution in [0.5, 0.6) is 0 Å². The highest BCUT2D eigenvalue weighted by molar-refractivity contribution is 6.00. The normalized spacial score (nSPS) is 13.8. The first kappa shape index (κ1) is 32.0. The van der Waals surface area contributed by atoms with Gasteiger partial charge < -0.3 is 26.4 Å². The summed E-state index contributed by atoms with van der Waals surface area (Å²) < 4.78 is 18.7. The molecule has 1 atom stereocenters. The van der Waals surface area contributed by atoms with E-state index in [9.17, 15) is 19.2 Å². The highest BCUT2D eigenvalue weighted by atomic mass is 19.1. The average Bonchev–Trinajstić information content (AvgIpc) is 3.08. The number of nitrogens with one attached hydrogen (secondary N) is 3. The number of ether oxygens (including phenoxy) is 1. The molecule has 3 heterocycles. The number of halogens is 1. The molecular formula is C34H35FN8O3. The summed E-state index contributed by atoms with van der Waals surface area (Å²) in [7, 11) is 0. The highest BCUT2D eigenvalue weighted by Gasteiger charge is 2.18. The number of nitrogen functional groups attached to an aromatic ring is 1. The molecule has 5 rings (SSSR count). The van der Waals surface area contributed by atoms with Crippen LogP contribution in [0.1, 0.15) is 50.4 Å². The number of nitriles is 1. The van der Waals surface area contributed by atoms with Gasteiger partial charge in [-0.15, -0.1) is 0 Å². The van der Waals surface area contributed by atoms with E-state index in [1.54, 1.807) is 31.3 Å². The van der Waals surface area contributed by atoms with Crippen molar-refractivity contribution in [3.63, 3.8) is 0 Å². The number of nitrogens with two attached hydrogens (primary N) is 1. The second-order valence-corrected chi connectivity index (χ2v) is 10.9. The monoisotopic (exact) mass is 622 g/mol. The minimum atomic E-state index is -0.420. The van der Waals surface area contributed by atoms with E-state index >= 15 is 0 Å². The Kier molecular flexibility index (Phi) is 10.5. The summed E-state index contributed by atoms with van der Waals surface area (Å²) in [6, 6.07) is 18.4. The number of hydrogen-bond acceptors (Lipinski definition) is 9. The van der Waals surface area contributed by atoms with Crippen LogP contribution >= 0.6 is 0 Å². The van der Waals surface area contributed by atoms with Crippen molar-refractivity contribution < 1.29 is 18.7 Å². The van der Waals surface area contributed by atoms with Crippen LogP contribution in [-0.2, 0) is 11.3 Å². The van der Waals surface area contributed by atoms with Crippen molar-refractivity contribution in [3.8, 4) is 17.2 Å². The highest BCUT2D eigenvalue weighted by Crippen LogP contribution is 2.24. The maximum absolute atomic E-state index is 13.3. The lowest BCUT2D eigenvalue weighted by Gasteiger charge is -2.26. The van der Waals surface area contributed by atoms with Crippen molar-refractivity contribution >= 4 is 23.5 Å². The van der Waals surface area contributed by atoms with Crippen LogP contribution in [0.2, 0.25) is 0 Å². The fourth-order valence-electron chi connectivity index (χ4n) is 5.01. The van der Waals surface area contributed by atoms with Gasteiger partial charge >= 0.3 is 0 Å². The van der Waals surface area contributed by atoms with Crippen LogP contribution in [0.25, 0.3) is 11.1 Å². The number of rotatable bonds is 11. The van der Waals surface area contributed by atoms with E-state index in [0.29, 0.717) is 37.7 Å². The minimum absolute atomic E-state index is 0.162. The van der Waals surface area contributed by atoms with Gasteiger partial charge in [0.05, 0.1) is 35.9 Å². The first-order valence-electron chi connectivity index (χ1n) is 14.9. The lowest BCUT2D eigenvalue weighted by molar-refractivity contribution is 0.0383. The smallest absolute Gasteiger partial charge is 0.255 e. The Morgan fingerprint density at radius 3 is 2.46 bits per heavy atom. The van der Waals surface area contributed by atoms with E-state index in [2.05, 4.69) is 30.8 Å². The van der Waals surface area contributed by atoms with Crippen molar-refractivity contribution in [2.75, 3.05) is 50.4 Å². The first-order valence-corrected chi connectivity index (χ1v) is 14.9. The molecule has 12 heteroatoms. The molecule has 2 aromatic carbocycles. The Labute approximate surface area is 266 Å². The molecule has 11 nitrogen and oxygen atoms in total. The fraction of sp³-hybridized carbons (Fsp3) is 0.265. The molecule has 46 heavy (non-hydrogen) atoms. The van der Waals surface area contributed by atoms with E-state index < -0.39 is 11.9 Å². The number of morpholine rings is 1. The van der Waals surface area contributed by atoms with Gasteiger partial charge in [0, 0.05) is 50.7 Å². The maximum atomic E-state index is 13.3. The van der Waals surface area contributed by atoms with Gasteiger partial charge in [-0.1, -0.05) is 36.4 Å². The van der Waals surface area contributed by atoms with Gasteiger partial charge in [-0.25, -0.2) is 14.4 Å². The van der Waals surface area contributed by atoms with Crippen LogP contribution < -0.4 is 21.7 Å². The molecule has 236 valence electrons. The number of anilines is 2. The van der Waals surface area contributed by atoms with E-state index in [1.165, 1.54) is 24.4 Å². The number of aromatic nitrogens is 2. The molecule has 5 N–H and O–H groups in total. The van der Waals surface area contributed by atoms with Crippen LogP contribution in [0.4, 0.5) is 16.0 Å². The summed E-state index contributed by atoms with van der Waals surface area (Å²) in [6.07, 6.45) is 3.03. The number of benzene rings is 2. The topological polar surface area (TPSA) is 158 Å². The van der Waals surface area contributed by atoms with Gasteiger partial charge in [0.2, 0.25) is 0 Å². The Balaban J connectivity index is 1.22. The van der Waals surface area contributed by atoms with Crippen molar-refractivity contribution in [2.45, 2.75) is 19.5 Å². The predicted molar refractivity (Wildman–Crippen MR) is 172 cm³/mol. The van der Waals surface area contributed by atoms with Gasteiger partial charge in [0.25, 0.3) is 11.8 Å². The van der Waals surface area contributed by atoms with Crippen LogP contribution in [-0.4, -0.2) is 66.1 Å². The van der Waals surface area contributed by atoms with Crippen molar-refractivity contribution in [1.29, 1.82) is 5.26 Å². The summed E-state index contributed by atoms with van der Waals surface area (Å²) in [6.45, 7) is 6.46. The Hall–Kier alpha value is -5.38.